The Balaban J connectivity index is 2.32. The van der Waals surface area contributed by atoms with E-state index in [4.69, 9.17) is 16.6 Å². The van der Waals surface area contributed by atoms with Crippen LogP contribution in [0.5, 0.6) is 0 Å². The van der Waals surface area contributed by atoms with E-state index < -0.39 is 0 Å². The van der Waals surface area contributed by atoms with Crippen molar-refractivity contribution in [2.45, 2.75) is 64.2 Å². The van der Waals surface area contributed by atoms with E-state index in [9.17, 15) is 0 Å². The molecule has 0 aromatic carbocycles. The van der Waals surface area contributed by atoms with Gasteiger partial charge in [0, 0.05) is 11.8 Å². The molecule has 0 bridgehead atoms. The highest BCUT2D eigenvalue weighted by Gasteiger charge is 2.26. The lowest BCUT2D eigenvalue weighted by molar-refractivity contribution is 0.615. The van der Waals surface area contributed by atoms with Gasteiger partial charge in [-0.1, -0.05) is 26.7 Å². The van der Waals surface area contributed by atoms with Gasteiger partial charge >= 0.3 is 0 Å². The van der Waals surface area contributed by atoms with Crippen LogP contribution in [0.2, 0.25) is 0 Å². The molecule has 0 spiro atoms. The fourth-order valence-corrected chi connectivity index (χ4v) is 2.93. The summed E-state index contributed by atoms with van der Waals surface area (Å²) >= 11 is 0. The first-order valence-electron chi connectivity index (χ1n) is 6.82. The fourth-order valence-electron chi connectivity index (χ4n) is 2.93. The van der Waals surface area contributed by atoms with E-state index in [0.717, 1.165) is 24.4 Å². The van der Waals surface area contributed by atoms with Crippen molar-refractivity contribution in [3.63, 3.8) is 0 Å². The second kappa shape index (κ2) is 4.98. The van der Waals surface area contributed by atoms with E-state index in [-0.39, 0.29) is 0 Å². The molecule has 1 fully saturated rings. The van der Waals surface area contributed by atoms with Gasteiger partial charge < -0.3 is 11.6 Å². The van der Waals surface area contributed by atoms with Gasteiger partial charge in [-0.05, 0) is 25.7 Å². The van der Waals surface area contributed by atoms with Crippen LogP contribution in [0.3, 0.4) is 0 Å². The zero-order valence-corrected chi connectivity index (χ0v) is 10.9. The molecule has 96 valence electrons. The van der Waals surface area contributed by atoms with Gasteiger partial charge in [-0.15, -0.1) is 0 Å². The largest absolute Gasteiger partial charge is 0.382 e. The Morgan fingerprint density at radius 1 is 1.29 bits per heavy atom. The number of nitrogen functional groups attached to an aromatic ring is 2. The van der Waals surface area contributed by atoms with Crippen LogP contribution in [-0.2, 0) is 0 Å². The van der Waals surface area contributed by atoms with Gasteiger partial charge in [-0.3, -0.25) is 0 Å². The maximum absolute atomic E-state index is 6.10. The smallest absolute Gasteiger partial charge is 0.146 e. The molecule has 1 aromatic heterocycles. The zero-order valence-electron chi connectivity index (χ0n) is 10.9. The van der Waals surface area contributed by atoms with Crippen molar-refractivity contribution in [3.05, 3.63) is 11.5 Å². The number of hydrogen-bond acceptors (Lipinski definition) is 3. The highest BCUT2D eigenvalue weighted by molar-refractivity contribution is 5.41. The quantitative estimate of drug-likeness (QED) is 0.790. The first kappa shape index (κ1) is 12.3. The minimum atomic E-state index is 0.444. The first-order valence-corrected chi connectivity index (χ1v) is 6.82. The van der Waals surface area contributed by atoms with Crippen molar-refractivity contribution in [1.82, 2.24) is 9.66 Å². The van der Waals surface area contributed by atoms with Crippen LogP contribution in [0.4, 0.5) is 5.82 Å². The van der Waals surface area contributed by atoms with Crippen LogP contribution in [0.15, 0.2) is 0 Å². The maximum atomic E-state index is 6.10. The molecule has 2 rings (SSSR count). The van der Waals surface area contributed by atoms with Crippen LogP contribution >= 0.6 is 0 Å². The summed E-state index contributed by atoms with van der Waals surface area (Å²) in [5, 5.41) is 0. The predicted octanol–water partition coefficient (Wildman–Crippen LogP) is 2.74. The minimum Gasteiger partial charge on any atom is -0.382 e. The molecule has 1 heterocycles. The van der Waals surface area contributed by atoms with E-state index in [0.29, 0.717) is 17.7 Å². The average Bonchev–Trinajstić information content (AvgIpc) is 2.94. The predicted molar refractivity (Wildman–Crippen MR) is 71.3 cm³/mol. The lowest BCUT2D eigenvalue weighted by atomic mass is 9.99. The summed E-state index contributed by atoms with van der Waals surface area (Å²) in [4.78, 5) is 4.75. The van der Waals surface area contributed by atoms with Crippen molar-refractivity contribution in [3.8, 4) is 0 Å². The standard InChI is InChI=1S/C13H24N4/c1-3-9(4-2)11-12(14)17(15)13(16-11)10-7-5-6-8-10/h9-10H,3-8,14-15H2,1-2H3. The third-order valence-electron chi connectivity index (χ3n) is 4.10. The van der Waals surface area contributed by atoms with Crippen molar-refractivity contribution in [2.75, 3.05) is 11.6 Å². The molecular formula is C13H24N4. The van der Waals surface area contributed by atoms with E-state index >= 15 is 0 Å². The average molecular weight is 236 g/mol. The molecule has 4 N–H and O–H groups in total. The SMILES string of the molecule is CCC(CC)c1nc(C2CCCC2)n(N)c1N. The second-order valence-electron chi connectivity index (χ2n) is 5.11. The fraction of sp³-hybridized carbons (Fsp3) is 0.769. The van der Waals surface area contributed by atoms with Crippen LogP contribution in [0.1, 0.15) is 75.7 Å². The minimum absolute atomic E-state index is 0.444. The molecule has 0 aliphatic heterocycles. The van der Waals surface area contributed by atoms with Gasteiger partial charge in [0.25, 0.3) is 0 Å². The van der Waals surface area contributed by atoms with Crippen molar-refractivity contribution in [1.29, 1.82) is 0 Å². The molecule has 4 nitrogen and oxygen atoms in total. The molecule has 1 aliphatic carbocycles. The number of nitrogens with two attached hydrogens (primary N) is 2. The van der Waals surface area contributed by atoms with Crippen molar-refractivity contribution < 1.29 is 0 Å². The molecule has 0 atom stereocenters. The second-order valence-corrected chi connectivity index (χ2v) is 5.11. The number of anilines is 1. The molecule has 0 amide bonds. The number of nitrogens with zero attached hydrogens (tertiary/aromatic N) is 2. The highest BCUT2D eigenvalue weighted by Crippen LogP contribution is 2.36. The van der Waals surface area contributed by atoms with E-state index in [1.807, 2.05) is 0 Å². The number of hydrogen-bond donors (Lipinski definition) is 2. The van der Waals surface area contributed by atoms with Crippen LogP contribution in [-0.4, -0.2) is 9.66 Å². The number of aromatic nitrogens is 2. The lowest BCUT2D eigenvalue weighted by Crippen LogP contribution is -2.17. The molecule has 1 aliphatic rings. The van der Waals surface area contributed by atoms with E-state index in [1.54, 1.807) is 4.68 Å². The monoisotopic (exact) mass is 236 g/mol. The normalized spacial score (nSPS) is 17.1. The lowest BCUT2D eigenvalue weighted by Gasteiger charge is -2.09. The number of rotatable bonds is 4. The molecule has 1 aromatic rings. The van der Waals surface area contributed by atoms with Crippen LogP contribution in [0, 0.1) is 0 Å². The highest BCUT2D eigenvalue weighted by atomic mass is 15.4. The molecule has 17 heavy (non-hydrogen) atoms. The maximum Gasteiger partial charge on any atom is 0.146 e. The molecule has 0 saturated heterocycles. The van der Waals surface area contributed by atoms with Crippen LogP contribution < -0.4 is 11.6 Å². The summed E-state index contributed by atoms with van der Waals surface area (Å²) < 4.78 is 1.63. The summed E-state index contributed by atoms with van der Waals surface area (Å²) in [6.45, 7) is 4.36. The van der Waals surface area contributed by atoms with Crippen molar-refractivity contribution >= 4 is 5.82 Å². The third kappa shape index (κ3) is 2.13. The van der Waals surface area contributed by atoms with Gasteiger partial charge in [0.05, 0.1) is 5.69 Å². The van der Waals surface area contributed by atoms with Gasteiger partial charge in [-0.25, -0.2) is 9.66 Å². The molecule has 0 unspecified atom stereocenters. The zero-order chi connectivity index (χ0) is 12.4. The van der Waals surface area contributed by atoms with Gasteiger partial charge in [0.1, 0.15) is 11.6 Å². The molecule has 4 heteroatoms. The topological polar surface area (TPSA) is 69.9 Å². The van der Waals surface area contributed by atoms with Crippen molar-refractivity contribution in [2.24, 2.45) is 0 Å². The Morgan fingerprint density at radius 3 is 2.41 bits per heavy atom. The Morgan fingerprint density at radius 2 is 1.88 bits per heavy atom. The van der Waals surface area contributed by atoms with Gasteiger partial charge in [0.15, 0.2) is 0 Å². The number of imidazole rings is 1. The van der Waals surface area contributed by atoms with Gasteiger partial charge in [0.2, 0.25) is 0 Å². The summed E-state index contributed by atoms with van der Waals surface area (Å²) in [6, 6.07) is 0. The summed E-state index contributed by atoms with van der Waals surface area (Å²) in [5.41, 5.74) is 7.11. The molecular weight excluding hydrogens is 212 g/mol. The van der Waals surface area contributed by atoms with Crippen LogP contribution in [0.25, 0.3) is 0 Å². The Labute approximate surface area is 103 Å². The summed E-state index contributed by atoms with van der Waals surface area (Å²) in [7, 11) is 0. The summed E-state index contributed by atoms with van der Waals surface area (Å²) in [6.07, 6.45) is 7.13. The Hall–Kier alpha value is -1.19. The third-order valence-corrected chi connectivity index (χ3v) is 4.10. The van der Waals surface area contributed by atoms with E-state index in [1.165, 1.54) is 25.7 Å². The Kier molecular flexibility index (Phi) is 3.60. The summed E-state index contributed by atoms with van der Waals surface area (Å²) in [5.74, 6) is 8.69. The Bertz CT molecular complexity index is 351. The molecule has 1 saturated carbocycles. The first-order chi connectivity index (χ1) is 8.19. The molecule has 0 radical (unpaired) electrons. The van der Waals surface area contributed by atoms with Gasteiger partial charge in [-0.2, -0.15) is 0 Å². The van der Waals surface area contributed by atoms with E-state index in [2.05, 4.69) is 13.8 Å².